The Morgan fingerprint density at radius 3 is 3.00 bits per heavy atom. The van der Waals surface area contributed by atoms with Gasteiger partial charge in [-0.25, -0.2) is 4.79 Å². The van der Waals surface area contributed by atoms with Gasteiger partial charge in [-0.1, -0.05) is 6.42 Å². The minimum absolute atomic E-state index is 0.108. The average Bonchev–Trinajstić information content (AvgIpc) is 3.01. The normalized spacial score (nSPS) is 26.9. The van der Waals surface area contributed by atoms with Crippen LogP contribution in [-0.2, 0) is 4.79 Å². The van der Waals surface area contributed by atoms with Gasteiger partial charge in [0.15, 0.2) is 0 Å². The average molecular weight is 367 g/mol. The Labute approximate surface area is 135 Å². The van der Waals surface area contributed by atoms with E-state index in [1.165, 1.54) is 0 Å². The van der Waals surface area contributed by atoms with Gasteiger partial charge in [-0.3, -0.25) is 19.9 Å². The van der Waals surface area contributed by atoms with Gasteiger partial charge in [-0.05, 0) is 34.8 Å². The second-order valence-corrected chi connectivity index (χ2v) is 6.39. The van der Waals surface area contributed by atoms with Crippen molar-refractivity contribution in [2.45, 2.75) is 24.8 Å². The van der Waals surface area contributed by atoms with Crippen molar-refractivity contribution in [3.05, 3.63) is 28.5 Å². The van der Waals surface area contributed by atoms with Gasteiger partial charge >= 0.3 is 6.03 Å². The second kappa shape index (κ2) is 5.68. The number of nitrogens with zero attached hydrogens (tertiary/aromatic N) is 1. The minimum atomic E-state index is -0.875. The fourth-order valence-corrected chi connectivity index (χ4v) is 3.62. The zero-order valence-corrected chi connectivity index (χ0v) is 13.3. The molecule has 2 fully saturated rings. The van der Waals surface area contributed by atoms with Crippen molar-refractivity contribution in [3.63, 3.8) is 0 Å². The van der Waals surface area contributed by atoms with Crippen molar-refractivity contribution < 1.29 is 14.4 Å². The van der Waals surface area contributed by atoms with Crippen LogP contribution >= 0.6 is 15.9 Å². The number of carbonyl (C=O) groups excluding carboxylic acids is 3. The summed E-state index contributed by atoms with van der Waals surface area (Å²) in [5, 5.41) is 7.86. The highest BCUT2D eigenvalue weighted by Gasteiger charge is 2.54. The van der Waals surface area contributed by atoms with Gasteiger partial charge in [0.25, 0.3) is 11.8 Å². The Balaban J connectivity index is 1.69. The zero-order chi connectivity index (χ0) is 15.7. The molecule has 1 spiro atoms. The van der Waals surface area contributed by atoms with Crippen molar-refractivity contribution in [1.29, 1.82) is 0 Å². The number of aromatic nitrogens is 1. The molecule has 1 aliphatic heterocycles. The van der Waals surface area contributed by atoms with Gasteiger partial charge in [-0.15, -0.1) is 0 Å². The maximum atomic E-state index is 12.2. The number of amides is 4. The van der Waals surface area contributed by atoms with Crippen molar-refractivity contribution in [3.8, 4) is 0 Å². The molecule has 8 heteroatoms. The van der Waals surface area contributed by atoms with E-state index in [1.54, 1.807) is 18.5 Å². The summed E-state index contributed by atoms with van der Waals surface area (Å²) < 4.78 is 0.612. The standard InChI is InChI=1S/C14H15BrN4O3/c15-10-7-16-5-3-9(10)11(20)17-6-8-2-1-4-14(8)12(21)18-13(22)19-14/h3,5,7-8H,1-2,4,6H2,(H,17,20)(H2,18,19,21,22). The lowest BCUT2D eigenvalue weighted by Crippen LogP contribution is -2.53. The summed E-state index contributed by atoms with van der Waals surface area (Å²) in [4.78, 5) is 39.6. The van der Waals surface area contributed by atoms with E-state index in [9.17, 15) is 14.4 Å². The monoisotopic (exact) mass is 366 g/mol. The first-order valence-corrected chi connectivity index (χ1v) is 7.83. The molecule has 2 unspecified atom stereocenters. The quantitative estimate of drug-likeness (QED) is 0.693. The van der Waals surface area contributed by atoms with E-state index in [2.05, 4.69) is 36.9 Å². The van der Waals surface area contributed by atoms with Gasteiger partial charge < -0.3 is 10.6 Å². The summed E-state index contributed by atoms with van der Waals surface area (Å²) in [5.74, 6) is -0.635. The number of nitrogens with one attached hydrogen (secondary N) is 3. The van der Waals surface area contributed by atoms with Crippen LogP contribution in [0.5, 0.6) is 0 Å². The van der Waals surface area contributed by atoms with Crippen LogP contribution < -0.4 is 16.0 Å². The van der Waals surface area contributed by atoms with E-state index < -0.39 is 11.6 Å². The number of pyridine rings is 1. The summed E-state index contributed by atoms with van der Waals surface area (Å²) in [6.45, 7) is 0.335. The van der Waals surface area contributed by atoms with Gasteiger partial charge in [0.2, 0.25) is 0 Å². The zero-order valence-electron chi connectivity index (χ0n) is 11.7. The Morgan fingerprint density at radius 2 is 2.32 bits per heavy atom. The number of carbonyl (C=O) groups is 3. The van der Waals surface area contributed by atoms with Crippen LogP contribution in [0.3, 0.4) is 0 Å². The van der Waals surface area contributed by atoms with Gasteiger partial charge in [0, 0.05) is 29.3 Å². The Morgan fingerprint density at radius 1 is 1.50 bits per heavy atom. The third kappa shape index (κ3) is 2.47. The first kappa shape index (κ1) is 15.0. The summed E-state index contributed by atoms with van der Waals surface area (Å²) in [6, 6.07) is 1.16. The second-order valence-electron chi connectivity index (χ2n) is 5.53. The molecule has 7 nitrogen and oxygen atoms in total. The molecule has 0 bridgehead atoms. The Hall–Kier alpha value is -1.96. The predicted octanol–water partition coefficient (Wildman–Crippen LogP) is 0.952. The molecule has 1 saturated carbocycles. The van der Waals surface area contributed by atoms with Crippen LogP contribution in [0.4, 0.5) is 4.79 Å². The fourth-order valence-electron chi connectivity index (χ4n) is 3.19. The van der Waals surface area contributed by atoms with Crippen LogP contribution in [0.25, 0.3) is 0 Å². The molecular formula is C14H15BrN4O3. The molecule has 1 aromatic rings. The number of halogens is 1. The van der Waals surface area contributed by atoms with Crippen molar-refractivity contribution >= 4 is 33.8 Å². The largest absolute Gasteiger partial charge is 0.352 e. The Bertz CT molecular complexity index is 651. The van der Waals surface area contributed by atoms with Crippen LogP contribution in [-0.4, -0.2) is 34.9 Å². The molecule has 22 heavy (non-hydrogen) atoms. The van der Waals surface area contributed by atoms with E-state index in [0.29, 0.717) is 23.0 Å². The Kier molecular flexibility index (Phi) is 3.86. The summed E-state index contributed by atoms with van der Waals surface area (Å²) in [6.07, 6.45) is 5.32. The van der Waals surface area contributed by atoms with E-state index >= 15 is 0 Å². The molecule has 0 radical (unpaired) electrons. The third-order valence-corrected chi connectivity index (χ3v) is 4.95. The van der Waals surface area contributed by atoms with Crippen molar-refractivity contribution in [1.82, 2.24) is 20.9 Å². The highest BCUT2D eigenvalue weighted by molar-refractivity contribution is 9.10. The topological polar surface area (TPSA) is 100 Å². The molecule has 2 heterocycles. The molecule has 2 aliphatic rings. The number of hydrogen-bond acceptors (Lipinski definition) is 4. The highest BCUT2D eigenvalue weighted by atomic mass is 79.9. The van der Waals surface area contributed by atoms with Gasteiger partial charge in [0.05, 0.1) is 5.56 Å². The molecule has 4 amide bonds. The maximum Gasteiger partial charge on any atom is 0.322 e. The molecule has 116 valence electrons. The SMILES string of the molecule is O=C1NC(=O)C2(CCCC2CNC(=O)c2ccncc2Br)N1. The number of rotatable bonds is 3. The molecule has 1 saturated heterocycles. The summed E-state index contributed by atoms with van der Waals surface area (Å²) >= 11 is 3.28. The lowest BCUT2D eigenvalue weighted by Gasteiger charge is -2.28. The van der Waals surface area contributed by atoms with E-state index in [0.717, 1.165) is 12.8 Å². The fraction of sp³-hybridized carbons (Fsp3) is 0.429. The summed E-state index contributed by atoms with van der Waals surface area (Å²) in [7, 11) is 0. The minimum Gasteiger partial charge on any atom is -0.352 e. The van der Waals surface area contributed by atoms with Crippen LogP contribution in [0.15, 0.2) is 22.9 Å². The number of hydrogen-bond donors (Lipinski definition) is 3. The molecular weight excluding hydrogens is 352 g/mol. The summed E-state index contributed by atoms with van der Waals surface area (Å²) in [5.41, 5.74) is -0.387. The first-order valence-electron chi connectivity index (χ1n) is 7.04. The van der Waals surface area contributed by atoms with Gasteiger partial charge in [-0.2, -0.15) is 0 Å². The molecule has 1 aromatic heterocycles. The van der Waals surface area contributed by atoms with E-state index in [4.69, 9.17) is 0 Å². The van der Waals surface area contributed by atoms with Gasteiger partial charge in [0.1, 0.15) is 5.54 Å². The molecule has 0 aromatic carbocycles. The smallest absolute Gasteiger partial charge is 0.322 e. The van der Waals surface area contributed by atoms with E-state index in [-0.39, 0.29) is 17.7 Å². The van der Waals surface area contributed by atoms with Crippen molar-refractivity contribution in [2.24, 2.45) is 5.92 Å². The lowest BCUT2D eigenvalue weighted by atomic mass is 9.87. The molecule has 3 N–H and O–H groups in total. The number of urea groups is 1. The molecule has 2 atom stereocenters. The number of imide groups is 1. The lowest BCUT2D eigenvalue weighted by molar-refractivity contribution is -0.125. The van der Waals surface area contributed by atoms with Crippen LogP contribution in [0.1, 0.15) is 29.6 Å². The first-order chi connectivity index (χ1) is 10.5. The molecule has 1 aliphatic carbocycles. The maximum absolute atomic E-state index is 12.2. The van der Waals surface area contributed by atoms with Crippen LogP contribution in [0, 0.1) is 5.92 Å². The van der Waals surface area contributed by atoms with Crippen molar-refractivity contribution in [2.75, 3.05) is 6.54 Å². The highest BCUT2D eigenvalue weighted by Crippen LogP contribution is 2.37. The third-order valence-electron chi connectivity index (χ3n) is 4.32. The predicted molar refractivity (Wildman–Crippen MR) is 81.0 cm³/mol. The van der Waals surface area contributed by atoms with E-state index in [1.807, 2.05) is 0 Å². The molecule has 3 rings (SSSR count). The van der Waals surface area contributed by atoms with Crippen LogP contribution in [0.2, 0.25) is 0 Å².